The van der Waals surface area contributed by atoms with Crippen LogP contribution in [0, 0.1) is 0 Å². The molecule has 0 radical (unpaired) electrons. The number of rotatable bonds is 3. The van der Waals surface area contributed by atoms with Crippen LogP contribution in [0.2, 0.25) is 0 Å². The molecule has 2 amide bonds. The van der Waals surface area contributed by atoms with E-state index in [1.807, 2.05) is 36.4 Å². The normalized spacial score (nSPS) is 9.56. The third-order valence-electron chi connectivity index (χ3n) is 3.65. The molecule has 0 saturated carbocycles. The molecule has 5 nitrogen and oxygen atoms in total. The van der Waals surface area contributed by atoms with Gasteiger partial charge in [0.05, 0.1) is 12.8 Å². The summed E-state index contributed by atoms with van der Waals surface area (Å²) < 4.78 is 5.22. The van der Waals surface area contributed by atoms with Crippen LogP contribution < -0.4 is 15.4 Å². The van der Waals surface area contributed by atoms with Gasteiger partial charge < -0.3 is 10.5 Å². The van der Waals surface area contributed by atoms with Crippen LogP contribution in [0.1, 0.15) is 17.3 Å². The molecule has 27 heavy (non-hydrogen) atoms. The van der Waals surface area contributed by atoms with Crippen molar-refractivity contribution in [1.82, 2.24) is 0 Å². The molecule has 0 aliphatic carbocycles. The first-order valence-electron chi connectivity index (χ1n) is 8.38. The fourth-order valence-corrected chi connectivity index (χ4v) is 2.40. The lowest BCUT2D eigenvalue weighted by Crippen LogP contribution is -2.35. The Morgan fingerprint density at radius 2 is 1.37 bits per heavy atom. The molecule has 2 N–H and O–H groups in total. The molecular weight excluding hydrogens is 340 g/mol. The van der Waals surface area contributed by atoms with Crippen LogP contribution in [-0.4, -0.2) is 18.9 Å². The monoisotopic (exact) mass is 362 g/mol. The summed E-state index contributed by atoms with van der Waals surface area (Å²) in [7, 11) is 1.46. The van der Waals surface area contributed by atoms with E-state index >= 15 is 0 Å². The number of carbonyl (C=O) groups excluding carboxylic acids is 2. The van der Waals surface area contributed by atoms with Gasteiger partial charge in [0.25, 0.3) is 5.91 Å². The highest BCUT2D eigenvalue weighted by atomic mass is 16.5. The third kappa shape index (κ3) is 5.44. The van der Waals surface area contributed by atoms with Gasteiger partial charge in [-0.1, -0.05) is 54.6 Å². The van der Waals surface area contributed by atoms with Gasteiger partial charge in [0.1, 0.15) is 5.75 Å². The number of carbonyl (C=O) groups is 2. The number of hydrogen-bond donors (Lipinski definition) is 1. The standard InChI is InChI=1S/C16H16N2O3.C6H6/c1-11(19)18(16(20)12-6-4-3-5-7-12)14-9-8-13(17)10-15(14)21-2;1-2-4-6-5-3-1/h3-10H,17H2,1-2H3;1-6H. The molecule has 0 aromatic heterocycles. The van der Waals surface area contributed by atoms with Gasteiger partial charge in [-0.25, -0.2) is 4.90 Å². The molecule has 138 valence electrons. The zero-order valence-corrected chi connectivity index (χ0v) is 15.3. The predicted octanol–water partition coefficient (Wildman–Crippen LogP) is 4.16. The second-order valence-electron chi connectivity index (χ2n) is 5.61. The molecule has 5 heteroatoms. The quantitative estimate of drug-likeness (QED) is 0.710. The minimum absolute atomic E-state index is 0.369. The van der Waals surface area contributed by atoms with Gasteiger partial charge in [0, 0.05) is 24.2 Å². The van der Waals surface area contributed by atoms with E-state index in [2.05, 4.69) is 0 Å². The Hall–Kier alpha value is -3.60. The topological polar surface area (TPSA) is 72.6 Å². The van der Waals surface area contributed by atoms with Crippen LogP contribution in [-0.2, 0) is 4.79 Å². The van der Waals surface area contributed by atoms with E-state index in [-0.39, 0.29) is 0 Å². The van der Waals surface area contributed by atoms with Crippen LogP contribution in [0.5, 0.6) is 5.75 Å². The summed E-state index contributed by atoms with van der Waals surface area (Å²) in [4.78, 5) is 25.6. The highest BCUT2D eigenvalue weighted by Gasteiger charge is 2.24. The second-order valence-corrected chi connectivity index (χ2v) is 5.61. The van der Waals surface area contributed by atoms with Crippen molar-refractivity contribution in [3.05, 3.63) is 90.5 Å². The molecule has 0 bridgehead atoms. The van der Waals surface area contributed by atoms with Crippen LogP contribution in [0.15, 0.2) is 84.9 Å². The number of nitrogens with two attached hydrogens (primary N) is 1. The lowest BCUT2D eigenvalue weighted by Gasteiger charge is -2.21. The smallest absolute Gasteiger partial charge is 0.265 e. The highest BCUT2D eigenvalue weighted by Crippen LogP contribution is 2.31. The second kappa shape index (κ2) is 9.77. The molecule has 0 saturated heterocycles. The molecule has 0 heterocycles. The Balaban J connectivity index is 0.000000369. The van der Waals surface area contributed by atoms with Crippen molar-refractivity contribution >= 4 is 23.2 Å². The SMILES string of the molecule is COc1cc(N)ccc1N(C(C)=O)C(=O)c1ccccc1.c1ccccc1. The summed E-state index contributed by atoms with van der Waals surface area (Å²) in [6, 6.07) is 25.4. The van der Waals surface area contributed by atoms with Gasteiger partial charge in [-0.15, -0.1) is 0 Å². The minimum Gasteiger partial charge on any atom is -0.494 e. The summed E-state index contributed by atoms with van der Waals surface area (Å²) in [6.45, 7) is 1.33. The zero-order valence-electron chi connectivity index (χ0n) is 15.3. The summed E-state index contributed by atoms with van der Waals surface area (Å²) in [5, 5.41) is 0. The molecule has 0 fully saturated rings. The first-order chi connectivity index (χ1) is 13.0. The first kappa shape index (κ1) is 19.7. The maximum absolute atomic E-state index is 12.6. The molecule has 0 atom stereocenters. The summed E-state index contributed by atoms with van der Waals surface area (Å²) in [6.07, 6.45) is 0. The number of ether oxygens (including phenoxy) is 1. The molecule has 3 aromatic rings. The van der Waals surface area contributed by atoms with Crippen molar-refractivity contribution in [1.29, 1.82) is 0 Å². The Morgan fingerprint density at radius 3 is 1.85 bits per heavy atom. The van der Waals surface area contributed by atoms with E-state index in [9.17, 15) is 9.59 Å². The fourth-order valence-electron chi connectivity index (χ4n) is 2.40. The number of amides is 2. The van der Waals surface area contributed by atoms with Crippen molar-refractivity contribution < 1.29 is 14.3 Å². The molecule has 0 aliphatic rings. The minimum atomic E-state index is -0.411. The van der Waals surface area contributed by atoms with Crippen molar-refractivity contribution in [2.75, 3.05) is 17.7 Å². The number of nitrogen functional groups attached to an aromatic ring is 1. The van der Waals surface area contributed by atoms with Gasteiger partial charge in [0.15, 0.2) is 0 Å². The van der Waals surface area contributed by atoms with Crippen molar-refractivity contribution in [3.8, 4) is 5.75 Å². The highest BCUT2D eigenvalue weighted by molar-refractivity contribution is 6.21. The van der Waals surface area contributed by atoms with Gasteiger partial charge in [-0.2, -0.15) is 0 Å². The van der Waals surface area contributed by atoms with Crippen LogP contribution in [0.25, 0.3) is 0 Å². The Morgan fingerprint density at radius 1 is 0.852 bits per heavy atom. The lowest BCUT2D eigenvalue weighted by molar-refractivity contribution is -0.116. The average Bonchev–Trinajstić information content (AvgIpc) is 2.71. The summed E-state index contributed by atoms with van der Waals surface area (Å²) in [5.41, 5.74) is 6.98. The predicted molar refractivity (Wildman–Crippen MR) is 108 cm³/mol. The molecule has 0 unspecified atom stereocenters. The van der Waals surface area contributed by atoms with Crippen molar-refractivity contribution in [2.45, 2.75) is 6.92 Å². The lowest BCUT2D eigenvalue weighted by atomic mass is 10.1. The molecular formula is C22H22N2O3. The molecule has 3 aromatic carbocycles. The number of imide groups is 1. The van der Waals surface area contributed by atoms with Crippen LogP contribution in [0.3, 0.4) is 0 Å². The maximum atomic E-state index is 12.6. The van der Waals surface area contributed by atoms with E-state index in [4.69, 9.17) is 10.5 Å². The largest absolute Gasteiger partial charge is 0.494 e. The van der Waals surface area contributed by atoms with Gasteiger partial charge in [0.2, 0.25) is 5.91 Å². The van der Waals surface area contributed by atoms with Gasteiger partial charge in [-0.05, 0) is 24.3 Å². The van der Waals surface area contributed by atoms with E-state index in [1.165, 1.54) is 14.0 Å². The zero-order chi connectivity index (χ0) is 19.6. The first-order valence-corrected chi connectivity index (χ1v) is 8.38. The van der Waals surface area contributed by atoms with Crippen molar-refractivity contribution in [3.63, 3.8) is 0 Å². The average molecular weight is 362 g/mol. The van der Waals surface area contributed by atoms with E-state index < -0.39 is 11.8 Å². The number of benzene rings is 3. The van der Waals surface area contributed by atoms with Crippen LogP contribution >= 0.6 is 0 Å². The third-order valence-corrected chi connectivity index (χ3v) is 3.65. The van der Waals surface area contributed by atoms with E-state index in [0.29, 0.717) is 22.7 Å². The Labute approximate surface area is 159 Å². The number of nitrogens with zero attached hydrogens (tertiary/aromatic N) is 1. The molecule has 0 spiro atoms. The summed E-state index contributed by atoms with van der Waals surface area (Å²) in [5.74, 6) is -0.437. The maximum Gasteiger partial charge on any atom is 0.265 e. The molecule has 0 aliphatic heterocycles. The van der Waals surface area contributed by atoms with Gasteiger partial charge in [-0.3, -0.25) is 9.59 Å². The number of anilines is 2. The van der Waals surface area contributed by atoms with E-state index in [1.54, 1.807) is 48.5 Å². The number of methoxy groups -OCH3 is 1. The summed E-state index contributed by atoms with van der Waals surface area (Å²) >= 11 is 0. The Kier molecular flexibility index (Phi) is 7.14. The van der Waals surface area contributed by atoms with Crippen LogP contribution in [0.4, 0.5) is 11.4 Å². The Bertz CT molecular complexity index is 854. The van der Waals surface area contributed by atoms with E-state index in [0.717, 1.165) is 4.90 Å². The fraction of sp³-hybridized carbons (Fsp3) is 0.0909. The number of hydrogen-bond acceptors (Lipinski definition) is 4. The molecule has 3 rings (SSSR count). The van der Waals surface area contributed by atoms with Gasteiger partial charge >= 0.3 is 0 Å². The van der Waals surface area contributed by atoms with Crippen molar-refractivity contribution in [2.24, 2.45) is 0 Å².